The van der Waals surface area contributed by atoms with E-state index in [9.17, 15) is 15.0 Å². The fraction of sp³-hybridized carbons (Fsp3) is 0.917. The number of ether oxygens (including phenoxy) is 3. The summed E-state index contributed by atoms with van der Waals surface area (Å²) in [4.78, 5) is 11.6. The first-order valence-corrected chi connectivity index (χ1v) is 18.0. The maximum atomic E-state index is 11.6. The Kier molecular flexibility index (Phi) is 21.6. The van der Waals surface area contributed by atoms with Crippen LogP contribution in [0, 0.1) is 0 Å². The topological polar surface area (TPSA) is 85.2 Å². The highest BCUT2D eigenvalue weighted by Crippen LogP contribution is 2.26. The molecular weight excluding hydrogens is 528 g/mol. The van der Waals surface area contributed by atoms with E-state index in [4.69, 9.17) is 14.2 Å². The van der Waals surface area contributed by atoms with Crippen LogP contribution in [0.4, 0.5) is 0 Å². The Labute approximate surface area is 258 Å². The van der Waals surface area contributed by atoms with Gasteiger partial charge >= 0.3 is 5.97 Å². The van der Waals surface area contributed by atoms with Crippen molar-refractivity contribution in [1.82, 2.24) is 0 Å². The van der Waals surface area contributed by atoms with E-state index in [0.717, 1.165) is 63.4 Å². The molecule has 1 heterocycles. The zero-order valence-electron chi connectivity index (χ0n) is 27.4. The van der Waals surface area contributed by atoms with Crippen LogP contribution in [0.2, 0.25) is 0 Å². The van der Waals surface area contributed by atoms with E-state index in [1.807, 2.05) is 13.0 Å². The Morgan fingerprint density at radius 2 is 1.14 bits per heavy atom. The van der Waals surface area contributed by atoms with Gasteiger partial charge in [0.25, 0.3) is 0 Å². The van der Waals surface area contributed by atoms with Crippen LogP contribution < -0.4 is 0 Å². The molecule has 0 amide bonds. The summed E-state index contributed by atoms with van der Waals surface area (Å²) < 4.78 is 17.3. The summed E-state index contributed by atoms with van der Waals surface area (Å²) >= 11 is 0. The number of hydrogen-bond donors (Lipinski definition) is 2. The van der Waals surface area contributed by atoms with Gasteiger partial charge in [0.2, 0.25) is 0 Å². The molecule has 0 spiro atoms. The van der Waals surface area contributed by atoms with Crippen LogP contribution in [0.3, 0.4) is 0 Å². The lowest BCUT2D eigenvalue weighted by Gasteiger charge is -2.23. The number of hydrogen-bond acceptors (Lipinski definition) is 6. The Bertz CT molecular complexity index is 694. The summed E-state index contributed by atoms with van der Waals surface area (Å²) in [6.45, 7) is 4.96. The molecule has 6 heteroatoms. The first-order chi connectivity index (χ1) is 20.5. The van der Waals surface area contributed by atoms with Crippen molar-refractivity contribution in [1.29, 1.82) is 0 Å². The molecule has 1 aliphatic heterocycles. The first kappa shape index (κ1) is 37.2. The average Bonchev–Trinajstić information content (AvgIpc) is 3.56. The number of esters is 1. The number of aliphatic hydroxyl groups is 2. The third-order valence-electron chi connectivity index (χ3n) is 9.01. The minimum absolute atomic E-state index is 0.0470. The summed E-state index contributed by atoms with van der Waals surface area (Å²) in [7, 11) is 0. The maximum Gasteiger partial charge on any atom is 0.334 e. The summed E-state index contributed by atoms with van der Waals surface area (Å²) in [5, 5.41) is 20.8. The molecule has 246 valence electrons. The molecule has 42 heavy (non-hydrogen) atoms. The van der Waals surface area contributed by atoms with Crippen molar-refractivity contribution in [3.63, 3.8) is 0 Å². The lowest BCUT2D eigenvalue weighted by atomic mass is 10.0. The van der Waals surface area contributed by atoms with Gasteiger partial charge in [-0.2, -0.15) is 0 Å². The second kappa shape index (κ2) is 24.4. The highest BCUT2D eigenvalue weighted by molar-refractivity contribution is 5.90. The van der Waals surface area contributed by atoms with E-state index in [1.54, 1.807) is 0 Å². The van der Waals surface area contributed by atoms with Crippen LogP contribution in [-0.4, -0.2) is 59.9 Å². The molecule has 0 aromatic heterocycles. The van der Waals surface area contributed by atoms with E-state index in [-0.39, 0.29) is 30.4 Å². The van der Waals surface area contributed by atoms with Crippen LogP contribution in [0.15, 0.2) is 11.6 Å². The predicted octanol–water partition coefficient (Wildman–Crippen LogP) is 8.75. The van der Waals surface area contributed by atoms with Crippen molar-refractivity contribution in [2.45, 2.75) is 198 Å². The third-order valence-corrected chi connectivity index (χ3v) is 9.01. The molecule has 0 saturated heterocycles. The molecule has 6 nitrogen and oxygen atoms in total. The van der Waals surface area contributed by atoms with Crippen molar-refractivity contribution in [2.75, 3.05) is 13.2 Å². The molecule has 2 aliphatic rings. The van der Waals surface area contributed by atoms with Gasteiger partial charge in [0, 0.05) is 5.57 Å². The summed E-state index contributed by atoms with van der Waals surface area (Å²) in [6.07, 6.45) is 29.1. The second-order valence-corrected chi connectivity index (χ2v) is 13.1. The van der Waals surface area contributed by atoms with Gasteiger partial charge < -0.3 is 24.4 Å². The lowest BCUT2D eigenvalue weighted by molar-refractivity contribution is -0.139. The zero-order chi connectivity index (χ0) is 30.3. The Morgan fingerprint density at radius 1 is 0.714 bits per heavy atom. The molecule has 2 N–H and O–H groups in total. The van der Waals surface area contributed by atoms with Crippen molar-refractivity contribution in [3.8, 4) is 0 Å². The first-order valence-electron chi connectivity index (χ1n) is 18.0. The third kappa shape index (κ3) is 18.0. The fourth-order valence-electron chi connectivity index (χ4n) is 6.35. The molecule has 2 rings (SSSR count). The molecule has 0 bridgehead atoms. The largest absolute Gasteiger partial charge is 0.455 e. The monoisotopic (exact) mass is 594 g/mol. The van der Waals surface area contributed by atoms with Gasteiger partial charge in [0.05, 0.1) is 37.6 Å². The Morgan fingerprint density at radius 3 is 1.57 bits per heavy atom. The zero-order valence-corrected chi connectivity index (χ0v) is 27.4. The lowest BCUT2D eigenvalue weighted by Crippen LogP contribution is -2.32. The number of cyclic esters (lactones) is 1. The summed E-state index contributed by atoms with van der Waals surface area (Å²) in [6, 6.07) is 0. The van der Waals surface area contributed by atoms with Crippen LogP contribution in [0.5, 0.6) is 0 Å². The molecule has 2 unspecified atom stereocenters. The van der Waals surface area contributed by atoms with Crippen molar-refractivity contribution in [2.24, 2.45) is 0 Å². The summed E-state index contributed by atoms with van der Waals surface area (Å²) in [5.41, 5.74) is 0.867. The number of carbonyl (C=O) groups is 1. The van der Waals surface area contributed by atoms with Gasteiger partial charge in [0.15, 0.2) is 0 Å². The van der Waals surface area contributed by atoms with Crippen LogP contribution in [-0.2, 0) is 19.0 Å². The molecule has 5 atom stereocenters. The molecule has 1 aliphatic carbocycles. The van der Waals surface area contributed by atoms with E-state index in [0.29, 0.717) is 13.2 Å². The minimum atomic E-state index is -0.399. The normalized spacial score (nSPS) is 22.0. The van der Waals surface area contributed by atoms with Crippen molar-refractivity contribution >= 4 is 5.97 Å². The maximum absolute atomic E-state index is 11.6. The molecule has 1 saturated carbocycles. The van der Waals surface area contributed by atoms with E-state index in [2.05, 4.69) is 6.92 Å². The number of aliphatic hydroxyl groups excluding tert-OH is 2. The minimum Gasteiger partial charge on any atom is -0.455 e. The van der Waals surface area contributed by atoms with Crippen molar-refractivity contribution in [3.05, 3.63) is 11.6 Å². The Balaban J connectivity index is 1.36. The highest BCUT2D eigenvalue weighted by Gasteiger charge is 2.30. The van der Waals surface area contributed by atoms with Crippen LogP contribution in [0.25, 0.3) is 0 Å². The van der Waals surface area contributed by atoms with Gasteiger partial charge in [-0.05, 0) is 57.9 Å². The highest BCUT2D eigenvalue weighted by atomic mass is 16.6. The fourth-order valence-corrected chi connectivity index (χ4v) is 6.35. The van der Waals surface area contributed by atoms with E-state index in [1.165, 1.54) is 96.3 Å². The Hall–Kier alpha value is -0.950. The summed E-state index contributed by atoms with van der Waals surface area (Å²) in [5.74, 6) is -0.119. The molecule has 1 fully saturated rings. The van der Waals surface area contributed by atoms with Crippen LogP contribution in [0.1, 0.15) is 168 Å². The predicted molar refractivity (Wildman–Crippen MR) is 172 cm³/mol. The smallest absolute Gasteiger partial charge is 0.334 e. The SMILES string of the molecule is CCCCCCCCCC[C@@H](O)COC1CCCC1OC[C@H](O)CCCCCCCCCCCCC1=C[C@H](C)OC1=O. The molecule has 0 aromatic carbocycles. The van der Waals surface area contributed by atoms with Crippen LogP contribution >= 0.6 is 0 Å². The van der Waals surface area contributed by atoms with Gasteiger partial charge in [0.1, 0.15) is 6.10 Å². The van der Waals surface area contributed by atoms with E-state index < -0.39 is 6.10 Å². The average molecular weight is 595 g/mol. The van der Waals surface area contributed by atoms with Gasteiger partial charge in [-0.15, -0.1) is 0 Å². The van der Waals surface area contributed by atoms with Crippen molar-refractivity contribution < 1.29 is 29.2 Å². The molecule has 0 aromatic rings. The quantitative estimate of drug-likeness (QED) is 0.0696. The van der Waals surface area contributed by atoms with E-state index >= 15 is 0 Å². The number of carbonyl (C=O) groups excluding carboxylic acids is 1. The molecular formula is C36H66O6. The molecule has 0 radical (unpaired) electrons. The van der Waals surface area contributed by atoms with Gasteiger partial charge in [-0.25, -0.2) is 4.79 Å². The van der Waals surface area contributed by atoms with Gasteiger partial charge in [-0.1, -0.05) is 116 Å². The number of rotatable bonds is 28. The standard InChI is InChI=1S/C36H66O6/c1-3-4-5-6-7-13-16-19-23-32(37)28-40-34-25-21-26-35(34)41-29-33(38)24-20-17-14-11-9-8-10-12-15-18-22-31-27-30(2)42-36(31)39/h27,30,32-35,37-38H,3-26,28-29H2,1-2H3/t30-,32+,33+,34?,35?/m0/s1. The number of unbranched alkanes of at least 4 members (excludes halogenated alkanes) is 16. The second-order valence-electron chi connectivity index (χ2n) is 13.1. The van der Waals surface area contributed by atoms with Gasteiger partial charge in [-0.3, -0.25) is 0 Å².